The molecule has 0 aliphatic heterocycles. The van der Waals surface area contributed by atoms with Gasteiger partial charge >= 0.3 is 23.7 Å². The van der Waals surface area contributed by atoms with Crippen LogP contribution in [0.5, 0.6) is 0 Å². The minimum atomic E-state index is -5.27. The summed E-state index contributed by atoms with van der Waals surface area (Å²) < 4.78 is 49.6. The van der Waals surface area contributed by atoms with E-state index in [9.17, 15) is 37.3 Å². The van der Waals surface area contributed by atoms with Gasteiger partial charge in [0.2, 0.25) is 5.82 Å². The van der Waals surface area contributed by atoms with E-state index in [1.807, 2.05) is 0 Å². The monoisotopic (exact) mass is 324 g/mol. The first-order valence-electron chi connectivity index (χ1n) is 5.55. The third kappa shape index (κ3) is 4.40. The van der Waals surface area contributed by atoms with Gasteiger partial charge in [-0.25, -0.2) is 4.79 Å². The molecule has 0 aromatic heterocycles. The summed E-state index contributed by atoms with van der Waals surface area (Å²) >= 11 is 0. The van der Waals surface area contributed by atoms with Crippen LogP contribution in [-0.4, -0.2) is 34.1 Å². The van der Waals surface area contributed by atoms with Crippen molar-refractivity contribution >= 4 is 17.6 Å². The number of carbonyl (C=O) groups excluding carboxylic acids is 1. The summed E-state index contributed by atoms with van der Waals surface area (Å²) in [6, 6.07) is 0.384. The van der Waals surface area contributed by atoms with Crippen LogP contribution in [0.15, 0.2) is 18.2 Å². The second-order valence-electron chi connectivity index (χ2n) is 4.11. The molecule has 2 N–H and O–H groups in total. The van der Waals surface area contributed by atoms with Gasteiger partial charge in [-0.3, -0.25) is 14.9 Å². The van der Waals surface area contributed by atoms with E-state index in [4.69, 9.17) is 5.11 Å². The summed E-state index contributed by atoms with van der Waals surface area (Å²) in [5.74, 6) is -5.49. The number of alkyl halides is 3. The number of hydrogen-bond acceptors (Lipinski definition) is 4. The molecule has 0 bridgehead atoms. The van der Waals surface area contributed by atoms with Crippen molar-refractivity contribution in [3.8, 4) is 0 Å². The molecule has 22 heavy (non-hydrogen) atoms. The lowest BCUT2D eigenvalue weighted by molar-refractivity contribution is -0.387. The highest BCUT2D eigenvalue weighted by atomic mass is 19.4. The maximum Gasteiger partial charge on any atom is 0.471 e. The van der Waals surface area contributed by atoms with E-state index in [0.717, 1.165) is 12.1 Å². The Morgan fingerprint density at radius 2 is 1.95 bits per heavy atom. The van der Waals surface area contributed by atoms with Gasteiger partial charge in [0.15, 0.2) is 0 Å². The maximum absolute atomic E-state index is 13.3. The summed E-state index contributed by atoms with van der Waals surface area (Å²) in [6.07, 6.45) is -5.94. The second-order valence-corrected chi connectivity index (χ2v) is 4.11. The number of benzene rings is 1. The second kappa shape index (κ2) is 6.37. The van der Waals surface area contributed by atoms with Crippen molar-refractivity contribution in [3.05, 3.63) is 39.7 Å². The number of nitrogens with one attached hydrogen (secondary N) is 1. The molecule has 0 saturated heterocycles. The van der Waals surface area contributed by atoms with Crippen molar-refractivity contribution in [2.45, 2.75) is 18.6 Å². The van der Waals surface area contributed by atoms with Crippen LogP contribution in [0.1, 0.15) is 5.56 Å². The number of halogens is 4. The Bertz CT molecular complexity index is 617. The quantitative estimate of drug-likeness (QED) is 0.483. The van der Waals surface area contributed by atoms with Crippen LogP contribution in [0.2, 0.25) is 0 Å². The molecule has 0 heterocycles. The van der Waals surface area contributed by atoms with E-state index in [0.29, 0.717) is 6.07 Å². The minimum absolute atomic E-state index is 0.127. The van der Waals surface area contributed by atoms with Crippen LogP contribution in [-0.2, 0) is 16.0 Å². The number of aliphatic carboxylic acids is 1. The third-order valence-corrected chi connectivity index (χ3v) is 2.51. The molecule has 0 unspecified atom stereocenters. The lowest BCUT2D eigenvalue weighted by Crippen LogP contribution is -2.47. The lowest BCUT2D eigenvalue weighted by Gasteiger charge is -2.15. The number of nitrogens with zero attached hydrogens (tertiary/aromatic N) is 1. The molecule has 0 fully saturated rings. The van der Waals surface area contributed by atoms with Crippen LogP contribution >= 0.6 is 0 Å². The van der Waals surface area contributed by atoms with E-state index in [1.54, 1.807) is 0 Å². The Labute approximate surface area is 119 Å². The third-order valence-electron chi connectivity index (χ3n) is 2.51. The van der Waals surface area contributed by atoms with E-state index in [1.165, 1.54) is 5.32 Å². The maximum atomic E-state index is 13.3. The van der Waals surface area contributed by atoms with Gasteiger partial charge in [-0.15, -0.1) is 0 Å². The first-order chi connectivity index (χ1) is 10.0. The zero-order valence-electron chi connectivity index (χ0n) is 10.6. The number of rotatable bonds is 5. The molecule has 0 aliphatic carbocycles. The molecule has 1 aromatic carbocycles. The molecular formula is C11H8F4N2O5. The first kappa shape index (κ1) is 17.3. The predicted molar refractivity (Wildman–Crippen MR) is 62.4 cm³/mol. The van der Waals surface area contributed by atoms with Crippen molar-refractivity contribution in [3.63, 3.8) is 0 Å². The minimum Gasteiger partial charge on any atom is -0.480 e. The topological polar surface area (TPSA) is 110 Å². The largest absolute Gasteiger partial charge is 0.480 e. The zero-order chi connectivity index (χ0) is 17.1. The van der Waals surface area contributed by atoms with Gasteiger partial charge in [0.05, 0.1) is 4.92 Å². The van der Waals surface area contributed by atoms with Crippen molar-refractivity contribution in [1.82, 2.24) is 5.32 Å². The molecule has 1 atom stereocenters. The van der Waals surface area contributed by atoms with Gasteiger partial charge in [0.1, 0.15) is 6.04 Å². The Balaban J connectivity index is 2.93. The van der Waals surface area contributed by atoms with Crippen molar-refractivity contribution in [2.75, 3.05) is 0 Å². The van der Waals surface area contributed by atoms with Gasteiger partial charge < -0.3 is 10.4 Å². The van der Waals surface area contributed by atoms with E-state index in [-0.39, 0.29) is 5.56 Å². The standard InChI is InChI=1S/C11H8F4N2O5/c12-6-3-5(1-2-8(6)17(21)22)4-7(9(18)19)16-10(20)11(13,14)15/h1-3,7H,4H2,(H,16,20)(H,18,19)/t7-/m1/s1. The van der Waals surface area contributed by atoms with E-state index < -0.39 is 46.9 Å². The molecule has 0 saturated carbocycles. The molecular weight excluding hydrogens is 316 g/mol. The van der Waals surface area contributed by atoms with Crippen LogP contribution < -0.4 is 5.32 Å². The fraction of sp³-hybridized carbons (Fsp3) is 0.273. The zero-order valence-corrected chi connectivity index (χ0v) is 10.6. The number of nitro groups is 1. The van der Waals surface area contributed by atoms with Crippen molar-refractivity contribution < 1.29 is 37.2 Å². The summed E-state index contributed by atoms with van der Waals surface area (Å²) in [6.45, 7) is 0. The summed E-state index contributed by atoms with van der Waals surface area (Å²) in [4.78, 5) is 31.0. The van der Waals surface area contributed by atoms with Gasteiger partial charge in [-0.2, -0.15) is 17.6 Å². The molecule has 1 rings (SSSR count). The Kier molecular flexibility index (Phi) is 5.02. The molecule has 0 radical (unpaired) electrons. The Morgan fingerprint density at radius 3 is 2.36 bits per heavy atom. The van der Waals surface area contributed by atoms with Crippen LogP contribution in [0.3, 0.4) is 0 Å². The SMILES string of the molecule is O=C(O)[C@@H](Cc1ccc([N+](=O)[O-])c(F)c1)NC(=O)C(F)(F)F. The highest BCUT2D eigenvalue weighted by Gasteiger charge is 2.40. The summed E-state index contributed by atoms with van der Waals surface area (Å²) in [7, 11) is 0. The fourth-order valence-electron chi connectivity index (χ4n) is 1.50. The highest BCUT2D eigenvalue weighted by Crippen LogP contribution is 2.19. The van der Waals surface area contributed by atoms with Gasteiger partial charge in [0, 0.05) is 12.5 Å². The summed E-state index contributed by atoms with van der Waals surface area (Å²) in [5.41, 5.74) is -0.993. The molecule has 0 aliphatic rings. The summed E-state index contributed by atoms with van der Waals surface area (Å²) in [5, 5.41) is 20.4. The van der Waals surface area contributed by atoms with E-state index >= 15 is 0 Å². The molecule has 120 valence electrons. The van der Waals surface area contributed by atoms with Crippen LogP contribution in [0.4, 0.5) is 23.2 Å². The smallest absolute Gasteiger partial charge is 0.471 e. The average Bonchev–Trinajstić information content (AvgIpc) is 2.36. The molecule has 0 spiro atoms. The highest BCUT2D eigenvalue weighted by molar-refractivity contribution is 5.87. The van der Waals surface area contributed by atoms with E-state index in [2.05, 4.69) is 0 Å². The molecule has 1 aromatic rings. The first-order valence-corrected chi connectivity index (χ1v) is 5.55. The van der Waals surface area contributed by atoms with Crippen LogP contribution in [0, 0.1) is 15.9 Å². The van der Waals surface area contributed by atoms with Crippen molar-refractivity contribution in [2.24, 2.45) is 0 Å². The molecule has 1 amide bonds. The van der Waals surface area contributed by atoms with Gasteiger partial charge in [-0.05, 0) is 11.6 Å². The lowest BCUT2D eigenvalue weighted by atomic mass is 10.1. The number of carboxylic acids is 1. The number of hydrogen-bond donors (Lipinski definition) is 2. The van der Waals surface area contributed by atoms with Gasteiger partial charge in [0.25, 0.3) is 0 Å². The van der Waals surface area contributed by atoms with Crippen LogP contribution in [0.25, 0.3) is 0 Å². The average molecular weight is 324 g/mol. The fourth-order valence-corrected chi connectivity index (χ4v) is 1.50. The molecule has 7 nitrogen and oxygen atoms in total. The number of amides is 1. The Morgan fingerprint density at radius 1 is 1.36 bits per heavy atom. The Hall–Kier alpha value is -2.72. The van der Waals surface area contributed by atoms with Gasteiger partial charge in [-0.1, -0.05) is 6.07 Å². The number of nitro benzene ring substituents is 1. The number of carboxylic acid groups (broad SMARTS) is 1. The normalized spacial score (nSPS) is 12.5. The number of carbonyl (C=O) groups is 2. The molecule has 11 heteroatoms. The predicted octanol–water partition coefficient (Wildman–Crippen LogP) is 1.41. The van der Waals surface area contributed by atoms with Crippen molar-refractivity contribution in [1.29, 1.82) is 0 Å².